The maximum atomic E-state index is 10.5. The standard InChI is InChI=1S/C14H16Cl2N2O2/c1-8(2)18-13(11(16)7-17-18)14(19)9-4-5-12(20-3)10(15)6-9/h4-8,14,19H,1-3H3. The van der Waals surface area contributed by atoms with Gasteiger partial charge in [0, 0.05) is 6.04 Å². The number of aliphatic hydroxyl groups is 1. The number of rotatable bonds is 4. The summed E-state index contributed by atoms with van der Waals surface area (Å²) in [5.41, 5.74) is 1.20. The van der Waals surface area contributed by atoms with Crippen molar-refractivity contribution in [2.45, 2.75) is 26.0 Å². The zero-order chi connectivity index (χ0) is 14.9. The largest absolute Gasteiger partial charge is 0.495 e. The Bertz CT molecular complexity index is 611. The highest BCUT2D eigenvalue weighted by Gasteiger charge is 2.22. The molecule has 0 aliphatic rings. The Morgan fingerprint density at radius 1 is 1.25 bits per heavy atom. The lowest BCUT2D eigenvalue weighted by Crippen LogP contribution is -2.12. The van der Waals surface area contributed by atoms with Crippen molar-refractivity contribution >= 4 is 23.2 Å². The van der Waals surface area contributed by atoms with Gasteiger partial charge in [-0.05, 0) is 31.5 Å². The van der Waals surface area contributed by atoms with E-state index in [1.165, 1.54) is 6.20 Å². The molecule has 20 heavy (non-hydrogen) atoms. The first-order chi connectivity index (χ1) is 9.45. The van der Waals surface area contributed by atoms with Crippen LogP contribution in [-0.4, -0.2) is 22.0 Å². The number of hydrogen-bond donors (Lipinski definition) is 1. The highest BCUT2D eigenvalue weighted by atomic mass is 35.5. The molecule has 1 aromatic heterocycles. The first-order valence-corrected chi connectivity index (χ1v) is 6.95. The van der Waals surface area contributed by atoms with Gasteiger partial charge in [-0.2, -0.15) is 5.10 Å². The molecule has 0 bridgehead atoms. The summed E-state index contributed by atoms with van der Waals surface area (Å²) >= 11 is 12.2. The minimum absolute atomic E-state index is 0.0980. The van der Waals surface area contributed by atoms with Gasteiger partial charge in [-0.3, -0.25) is 4.68 Å². The van der Waals surface area contributed by atoms with Crippen LogP contribution in [0.1, 0.15) is 37.3 Å². The van der Waals surface area contributed by atoms with Gasteiger partial charge in [-0.15, -0.1) is 0 Å². The number of halogens is 2. The molecule has 0 aliphatic carbocycles. The average Bonchev–Trinajstić information content (AvgIpc) is 2.80. The molecule has 0 amide bonds. The van der Waals surface area contributed by atoms with Crippen LogP contribution in [0.4, 0.5) is 0 Å². The van der Waals surface area contributed by atoms with Crippen LogP contribution >= 0.6 is 23.2 Å². The van der Waals surface area contributed by atoms with Crippen molar-refractivity contribution in [3.8, 4) is 5.75 Å². The van der Waals surface area contributed by atoms with Gasteiger partial charge in [-0.25, -0.2) is 0 Å². The van der Waals surface area contributed by atoms with Crippen LogP contribution in [0.15, 0.2) is 24.4 Å². The smallest absolute Gasteiger partial charge is 0.137 e. The van der Waals surface area contributed by atoms with Crippen LogP contribution in [0, 0.1) is 0 Å². The van der Waals surface area contributed by atoms with Crippen molar-refractivity contribution in [1.82, 2.24) is 9.78 Å². The highest BCUT2D eigenvalue weighted by Crippen LogP contribution is 2.33. The summed E-state index contributed by atoms with van der Waals surface area (Å²) in [6.45, 7) is 3.95. The summed E-state index contributed by atoms with van der Waals surface area (Å²) < 4.78 is 6.80. The summed E-state index contributed by atoms with van der Waals surface area (Å²) in [5, 5.41) is 15.6. The minimum atomic E-state index is -0.893. The molecular weight excluding hydrogens is 299 g/mol. The fourth-order valence-electron chi connectivity index (χ4n) is 2.03. The molecule has 1 N–H and O–H groups in total. The molecule has 1 unspecified atom stereocenters. The van der Waals surface area contributed by atoms with Gasteiger partial charge in [0.1, 0.15) is 11.9 Å². The van der Waals surface area contributed by atoms with Crippen molar-refractivity contribution in [2.75, 3.05) is 7.11 Å². The number of aromatic nitrogens is 2. The second-order valence-electron chi connectivity index (χ2n) is 4.71. The van der Waals surface area contributed by atoms with Gasteiger partial charge in [0.15, 0.2) is 0 Å². The Morgan fingerprint density at radius 3 is 2.50 bits per heavy atom. The van der Waals surface area contributed by atoms with E-state index in [4.69, 9.17) is 27.9 Å². The van der Waals surface area contributed by atoms with E-state index in [1.807, 2.05) is 13.8 Å². The van der Waals surface area contributed by atoms with E-state index in [0.717, 1.165) is 0 Å². The van der Waals surface area contributed by atoms with Crippen LogP contribution in [0.25, 0.3) is 0 Å². The van der Waals surface area contributed by atoms with E-state index >= 15 is 0 Å². The van der Waals surface area contributed by atoms with Crippen molar-refractivity contribution in [3.63, 3.8) is 0 Å². The van der Waals surface area contributed by atoms with Crippen LogP contribution in [0.3, 0.4) is 0 Å². The van der Waals surface area contributed by atoms with E-state index in [0.29, 0.717) is 27.1 Å². The molecule has 4 nitrogen and oxygen atoms in total. The zero-order valence-electron chi connectivity index (χ0n) is 11.5. The fourth-order valence-corrected chi connectivity index (χ4v) is 2.53. The zero-order valence-corrected chi connectivity index (χ0v) is 13.0. The van der Waals surface area contributed by atoms with Crippen molar-refractivity contribution in [3.05, 3.63) is 45.7 Å². The molecule has 0 spiro atoms. The maximum absolute atomic E-state index is 10.5. The van der Waals surface area contributed by atoms with Gasteiger partial charge in [0.05, 0.1) is 29.0 Å². The van der Waals surface area contributed by atoms with E-state index < -0.39 is 6.10 Å². The third-order valence-electron chi connectivity index (χ3n) is 3.03. The first-order valence-electron chi connectivity index (χ1n) is 6.20. The SMILES string of the molecule is COc1ccc(C(O)c2c(Cl)cnn2C(C)C)cc1Cl. The van der Waals surface area contributed by atoms with E-state index in [-0.39, 0.29) is 6.04 Å². The molecule has 2 rings (SSSR count). The molecule has 0 aliphatic heterocycles. The monoisotopic (exact) mass is 314 g/mol. The van der Waals surface area contributed by atoms with E-state index in [9.17, 15) is 5.11 Å². The maximum Gasteiger partial charge on any atom is 0.137 e. The van der Waals surface area contributed by atoms with Gasteiger partial charge >= 0.3 is 0 Å². The number of aliphatic hydroxyl groups excluding tert-OH is 1. The molecule has 6 heteroatoms. The normalized spacial score (nSPS) is 12.8. The lowest BCUT2D eigenvalue weighted by Gasteiger charge is -2.17. The Balaban J connectivity index is 2.43. The molecule has 0 saturated carbocycles. The summed E-state index contributed by atoms with van der Waals surface area (Å²) in [4.78, 5) is 0. The number of hydrogen-bond acceptors (Lipinski definition) is 3. The van der Waals surface area contributed by atoms with Gasteiger partial charge < -0.3 is 9.84 Å². The molecule has 1 atom stereocenters. The first kappa shape index (κ1) is 15.2. The third kappa shape index (κ3) is 2.77. The average molecular weight is 315 g/mol. The second-order valence-corrected chi connectivity index (χ2v) is 5.53. The summed E-state index contributed by atoms with van der Waals surface area (Å²) in [7, 11) is 1.54. The number of benzene rings is 1. The Labute approximate surface area is 127 Å². The van der Waals surface area contributed by atoms with Crippen LogP contribution in [0.5, 0.6) is 5.75 Å². The molecule has 0 saturated heterocycles. The van der Waals surface area contributed by atoms with Crippen LogP contribution in [-0.2, 0) is 0 Å². The molecule has 1 aromatic carbocycles. The molecule has 0 fully saturated rings. The van der Waals surface area contributed by atoms with E-state index in [1.54, 1.807) is 30.0 Å². The topological polar surface area (TPSA) is 47.3 Å². The lowest BCUT2D eigenvalue weighted by atomic mass is 10.1. The molecule has 1 heterocycles. The number of nitrogens with zero attached hydrogens (tertiary/aromatic N) is 2. The molecule has 2 aromatic rings. The van der Waals surface area contributed by atoms with Crippen molar-refractivity contribution in [2.24, 2.45) is 0 Å². The summed E-state index contributed by atoms with van der Waals surface area (Å²) in [5.74, 6) is 0.561. The third-order valence-corrected chi connectivity index (χ3v) is 3.61. The Kier molecular flexibility index (Phi) is 4.58. The quantitative estimate of drug-likeness (QED) is 0.932. The molecular formula is C14H16Cl2N2O2. The highest BCUT2D eigenvalue weighted by molar-refractivity contribution is 6.32. The predicted octanol–water partition coefficient (Wildman–Crippen LogP) is 3.86. The van der Waals surface area contributed by atoms with Crippen molar-refractivity contribution in [1.29, 1.82) is 0 Å². The van der Waals surface area contributed by atoms with E-state index in [2.05, 4.69) is 5.10 Å². The number of ether oxygens (including phenoxy) is 1. The van der Waals surface area contributed by atoms with Gasteiger partial charge in [-0.1, -0.05) is 29.3 Å². The molecule has 0 radical (unpaired) electrons. The molecule has 108 valence electrons. The summed E-state index contributed by atoms with van der Waals surface area (Å²) in [6, 6.07) is 5.23. The van der Waals surface area contributed by atoms with Crippen LogP contribution in [0.2, 0.25) is 10.0 Å². The predicted molar refractivity (Wildman–Crippen MR) is 79.7 cm³/mol. The minimum Gasteiger partial charge on any atom is -0.495 e. The Morgan fingerprint density at radius 2 is 1.95 bits per heavy atom. The summed E-state index contributed by atoms with van der Waals surface area (Å²) in [6.07, 6.45) is 0.640. The van der Waals surface area contributed by atoms with Crippen LogP contribution < -0.4 is 4.74 Å². The number of methoxy groups -OCH3 is 1. The second kappa shape index (κ2) is 6.04. The van der Waals surface area contributed by atoms with Crippen molar-refractivity contribution < 1.29 is 9.84 Å². The van der Waals surface area contributed by atoms with Gasteiger partial charge in [0.25, 0.3) is 0 Å². The Hall–Kier alpha value is -1.23. The fraction of sp³-hybridized carbons (Fsp3) is 0.357. The van der Waals surface area contributed by atoms with Gasteiger partial charge in [0.2, 0.25) is 0 Å². The lowest BCUT2D eigenvalue weighted by molar-refractivity contribution is 0.205.